The number of carbonyl (C=O) groups is 1. The molecule has 0 saturated heterocycles. The number of hydrogen-bond donors (Lipinski definition) is 0. The zero-order chi connectivity index (χ0) is 13.7. The van der Waals surface area contributed by atoms with E-state index in [2.05, 4.69) is 0 Å². The Labute approximate surface area is 112 Å². The summed E-state index contributed by atoms with van der Waals surface area (Å²) in [6.45, 7) is 0.677. The topological polar surface area (TPSA) is 38.8 Å². The summed E-state index contributed by atoms with van der Waals surface area (Å²) >= 11 is 5.97. The number of rotatable bonds is 6. The van der Waals surface area contributed by atoms with Crippen LogP contribution < -0.4 is 9.47 Å². The summed E-state index contributed by atoms with van der Waals surface area (Å²) in [7, 11) is 6.86. The SMILES string of the molecule is COc1cc(Cl)cc(C(=O)CCN(C)C)c1OC. The minimum absolute atomic E-state index is 0.0126. The van der Waals surface area contributed by atoms with Gasteiger partial charge >= 0.3 is 0 Å². The minimum Gasteiger partial charge on any atom is -0.493 e. The highest BCUT2D eigenvalue weighted by Crippen LogP contribution is 2.35. The molecule has 0 unspecified atom stereocenters. The van der Waals surface area contributed by atoms with Crippen LogP contribution in [0.15, 0.2) is 12.1 Å². The number of benzene rings is 1. The lowest BCUT2D eigenvalue weighted by molar-refractivity contribution is 0.0969. The Morgan fingerprint density at radius 3 is 2.44 bits per heavy atom. The van der Waals surface area contributed by atoms with E-state index in [0.717, 1.165) is 0 Å². The smallest absolute Gasteiger partial charge is 0.171 e. The Bertz CT molecular complexity index is 432. The molecule has 100 valence electrons. The van der Waals surface area contributed by atoms with Crippen LogP contribution in [0.3, 0.4) is 0 Å². The molecule has 4 nitrogen and oxygen atoms in total. The summed E-state index contributed by atoms with van der Waals surface area (Å²) in [5, 5.41) is 0.459. The van der Waals surface area contributed by atoms with Crippen LogP contribution in [-0.4, -0.2) is 45.5 Å². The normalized spacial score (nSPS) is 10.6. The number of ketones is 1. The molecule has 0 aliphatic carbocycles. The maximum atomic E-state index is 12.1. The molecule has 0 aromatic heterocycles. The Hall–Kier alpha value is -1.26. The minimum atomic E-state index is -0.0126. The molecule has 0 bridgehead atoms. The maximum absolute atomic E-state index is 12.1. The van der Waals surface area contributed by atoms with E-state index in [1.165, 1.54) is 14.2 Å². The summed E-state index contributed by atoms with van der Waals surface area (Å²) in [5.74, 6) is 0.894. The molecular weight excluding hydrogens is 254 g/mol. The summed E-state index contributed by atoms with van der Waals surface area (Å²) in [6, 6.07) is 3.24. The van der Waals surface area contributed by atoms with E-state index in [9.17, 15) is 4.79 Å². The van der Waals surface area contributed by atoms with E-state index in [4.69, 9.17) is 21.1 Å². The van der Waals surface area contributed by atoms with Crippen molar-refractivity contribution in [3.63, 3.8) is 0 Å². The van der Waals surface area contributed by atoms with Crippen LogP contribution in [0.5, 0.6) is 11.5 Å². The van der Waals surface area contributed by atoms with E-state index in [1.807, 2.05) is 19.0 Å². The van der Waals surface area contributed by atoms with E-state index < -0.39 is 0 Å². The number of Topliss-reactive ketones (excluding diaryl/α,β-unsaturated/α-hetero) is 1. The molecule has 1 aromatic carbocycles. The van der Waals surface area contributed by atoms with Crippen molar-refractivity contribution < 1.29 is 14.3 Å². The molecule has 0 spiro atoms. The van der Waals surface area contributed by atoms with E-state index in [0.29, 0.717) is 35.1 Å². The quantitative estimate of drug-likeness (QED) is 0.745. The third-order valence-electron chi connectivity index (χ3n) is 2.53. The van der Waals surface area contributed by atoms with Crippen molar-refractivity contribution >= 4 is 17.4 Å². The van der Waals surface area contributed by atoms with Gasteiger partial charge < -0.3 is 14.4 Å². The first-order valence-electron chi connectivity index (χ1n) is 5.59. The Kier molecular flexibility index (Phi) is 5.44. The molecule has 1 rings (SSSR count). The lowest BCUT2D eigenvalue weighted by atomic mass is 10.1. The van der Waals surface area contributed by atoms with Crippen molar-refractivity contribution in [1.82, 2.24) is 4.90 Å². The molecule has 0 atom stereocenters. The van der Waals surface area contributed by atoms with E-state index >= 15 is 0 Å². The molecule has 0 aliphatic rings. The predicted octanol–water partition coefficient (Wildman–Crippen LogP) is 2.49. The van der Waals surface area contributed by atoms with Gasteiger partial charge in [0, 0.05) is 24.1 Å². The highest BCUT2D eigenvalue weighted by Gasteiger charge is 2.18. The zero-order valence-electron chi connectivity index (χ0n) is 11.1. The summed E-state index contributed by atoms with van der Waals surface area (Å²) in [4.78, 5) is 14.1. The first-order valence-corrected chi connectivity index (χ1v) is 5.96. The van der Waals surface area contributed by atoms with Crippen molar-refractivity contribution in [3.05, 3.63) is 22.7 Å². The number of ether oxygens (including phenoxy) is 2. The highest BCUT2D eigenvalue weighted by atomic mass is 35.5. The van der Waals surface area contributed by atoms with Gasteiger partial charge in [-0.05, 0) is 20.2 Å². The first kappa shape index (κ1) is 14.8. The van der Waals surface area contributed by atoms with Crippen molar-refractivity contribution in [2.75, 3.05) is 34.9 Å². The lowest BCUT2D eigenvalue weighted by Gasteiger charge is -2.14. The molecular formula is C13H18ClNO3. The third kappa shape index (κ3) is 3.62. The zero-order valence-corrected chi connectivity index (χ0v) is 11.9. The van der Waals surface area contributed by atoms with Crippen molar-refractivity contribution in [1.29, 1.82) is 0 Å². The van der Waals surface area contributed by atoms with Gasteiger partial charge in [-0.1, -0.05) is 11.6 Å². The fourth-order valence-corrected chi connectivity index (χ4v) is 1.81. The molecule has 0 aliphatic heterocycles. The van der Waals surface area contributed by atoms with Crippen LogP contribution in [0, 0.1) is 0 Å². The number of halogens is 1. The van der Waals surface area contributed by atoms with Gasteiger partial charge in [-0.2, -0.15) is 0 Å². The van der Waals surface area contributed by atoms with Crippen LogP contribution in [0.1, 0.15) is 16.8 Å². The van der Waals surface area contributed by atoms with Crippen LogP contribution in [-0.2, 0) is 0 Å². The van der Waals surface area contributed by atoms with Crippen molar-refractivity contribution in [3.8, 4) is 11.5 Å². The molecule has 18 heavy (non-hydrogen) atoms. The second-order valence-electron chi connectivity index (χ2n) is 4.17. The molecule has 0 amide bonds. The summed E-state index contributed by atoms with van der Waals surface area (Å²) in [6.07, 6.45) is 0.410. The summed E-state index contributed by atoms with van der Waals surface area (Å²) < 4.78 is 10.4. The van der Waals surface area contributed by atoms with Gasteiger partial charge in [-0.25, -0.2) is 0 Å². The van der Waals surface area contributed by atoms with Gasteiger partial charge in [0.2, 0.25) is 0 Å². The Balaban J connectivity index is 3.06. The van der Waals surface area contributed by atoms with Crippen molar-refractivity contribution in [2.45, 2.75) is 6.42 Å². The third-order valence-corrected chi connectivity index (χ3v) is 2.75. The van der Waals surface area contributed by atoms with Gasteiger partial charge in [0.1, 0.15) is 0 Å². The average Bonchev–Trinajstić information content (AvgIpc) is 2.34. The Morgan fingerprint density at radius 2 is 1.94 bits per heavy atom. The lowest BCUT2D eigenvalue weighted by Crippen LogP contribution is -2.17. The van der Waals surface area contributed by atoms with Gasteiger partial charge in [0.15, 0.2) is 17.3 Å². The van der Waals surface area contributed by atoms with Crippen LogP contribution in [0.4, 0.5) is 0 Å². The number of nitrogens with zero attached hydrogens (tertiary/aromatic N) is 1. The molecule has 0 N–H and O–H groups in total. The van der Waals surface area contributed by atoms with Crippen molar-refractivity contribution in [2.24, 2.45) is 0 Å². The van der Waals surface area contributed by atoms with Crippen LogP contribution >= 0.6 is 11.6 Å². The Morgan fingerprint density at radius 1 is 1.28 bits per heavy atom. The summed E-state index contributed by atoms with van der Waals surface area (Å²) in [5.41, 5.74) is 0.462. The van der Waals surface area contributed by atoms with Crippen LogP contribution in [0.2, 0.25) is 5.02 Å². The molecule has 0 saturated carbocycles. The molecule has 5 heteroatoms. The number of methoxy groups -OCH3 is 2. The maximum Gasteiger partial charge on any atom is 0.171 e. The highest BCUT2D eigenvalue weighted by molar-refractivity contribution is 6.31. The standard InChI is InChI=1S/C13H18ClNO3/c1-15(2)6-5-11(16)10-7-9(14)8-12(17-3)13(10)18-4/h7-8H,5-6H2,1-4H3. The van der Waals surface area contributed by atoms with Gasteiger partial charge in [-0.3, -0.25) is 4.79 Å². The number of hydrogen-bond acceptors (Lipinski definition) is 4. The fraction of sp³-hybridized carbons (Fsp3) is 0.462. The molecule has 0 radical (unpaired) electrons. The number of carbonyl (C=O) groups excluding carboxylic acids is 1. The molecule has 0 heterocycles. The molecule has 1 aromatic rings. The second kappa shape index (κ2) is 6.61. The largest absolute Gasteiger partial charge is 0.493 e. The first-order chi connectivity index (χ1) is 8.49. The second-order valence-corrected chi connectivity index (χ2v) is 4.60. The predicted molar refractivity (Wildman–Crippen MR) is 72.1 cm³/mol. The van der Waals surface area contributed by atoms with Crippen LogP contribution in [0.25, 0.3) is 0 Å². The molecule has 0 fully saturated rings. The average molecular weight is 272 g/mol. The van der Waals surface area contributed by atoms with E-state index in [1.54, 1.807) is 12.1 Å². The monoisotopic (exact) mass is 271 g/mol. The van der Waals surface area contributed by atoms with Gasteiger partial charge in [-0.15, -0.1) is 0 Å². The van der Waals surface area contributed by atoms with E-state index in [-0.39, 0.29) is 5.78 Å². The van der Waals surface area contributed by atoms with Gasteiger partial charge in [0.05, 0.1) is 19.8 Å². The van der Waals surface area contributed by atoms with Gasteiger partial charge in [0.25, 0.3) is 0 Å². The fourth-order valence-electron chi connectivity index (χ4n) is 1.60.